The number of ether oxygens (including phenoxy) is 1. The van der Waals surface area contributed by atoms with Gasteiger partial charge >= 0.3 is 5.92 Å². The third-order valence-corrected chi connectivity index (χ3v) is 10.3. The average molecular weight is 507 g/mol. The molecule has 37 heavy (non-hydrogen) atoms. The zero-order valence-electron chi connectivity index (χ0n) is 21.4. The maximum Gasteiger partial charge on any atom is 0.336 e. The second-order valence-electron chi connectivity index (χ2n) is 12.1. The van der Waals surface area contributed by atoms with Crippen molar-refractivity contribution in [3.05, 3.63) is 64.7 Å². The zero-order valence-corrected chi connectivity index (χ0v) is 21.4. The summed E-state index contributed by atoms with van der Waals surface area (Å²) in [6, 6.07) is 15.0. The van der Waals surface area contributed by atoms with Crippen LogP contribution in [0.3, 0.4) is 0 Å². The lowest BCUT2D eigenvalue weighted by molar-refractivity contribution is -0.214. The van der Waals surface area contributed by atoms with Gasteiger partial charge in [0.25, 0.3) is 0 Å². The van der Waals surface area contributed by atoms with Crippen LogP contribution in [0.1, 0.15) is 85.5 Å². The maximum atomic E-state index is 15.2. The smallest absolute Gasteiger partial charge is 0.336 e. The van der Waals surface area contributed by atoms with Crippen molar-refractivity contribution in [3.63, 3.8) is 0 Å². The molecule has 1 unspecified atom stereocenters. The number of aliphatic hydroxyl groups is 2. The fourth-order valence-electron chi connectivity index (χ4n) is 8.33. The number of halogens is 2. The van der Waals surface area contributed by atoms with Crippen LogP contribution in [-0.2, 0) is 6.42 Å². The minimum atomic E-state index is -3.57. The van der Waals surface area contributed by atoms with Crippen LogP contribution in [-0.4, -0.2) is 35.0 Å². The molecule has 3 saturated carbocycles. The molecule has 3 nitrogen and oxygen atoms in total. The molecule has 3 fully saturated rings. The predicted molar refractivity (Wildman–Crippen MR) is 139 cm³/mol. The summed E-state index contributed by atoms with van der Waals surface area (Å²) >= 11 is 0. The summed E-state index contributed by atoms with van der Waals surface area (Å²) in [5.41, 5.74) is 1.83. The number of fused-ring (bicyclic) bond motifs is 5. The lowest BCUT2D eigenvalue weighted by Crippen LogP contribution is -2.60. The van der Waals surface area contributed by atoms with Gasteiger partial charge in [-0.15, -0.1) is 6.42 Å². The second-order valence-corrected chi connectivity index (χ2v) is 12.1. The summed E-state index contributed by atoms with van der Waals surface area (Å²) in [4.78, 5) is 0. The van der Waals surface area contributed by atoms with Gasteiger partial charge in [-0.1, -0.05) is 37.3 Å². The van der Waals surface area contributed by atoms with Crippen molar-refractivity contribution >= 4 is 0 Å². The molecule has 2 aromatic carbocycles. The number of alkyl halides is 2. The highest BCUT2D eigenvalue weighted by Gasteiger charge is 2.71. The molecule has 2 aromatic rings. The molecule has 0 saturated heterocycles. The zero-order chi connectivity index (χ0) is 26.0. The molecule has 0 aliphatic heterocycles. The topological polar surface area (TPSA) is 49.7 Å². The van der Waals surface area contributed by atoms with E-state index in [-0.39, 0.29) is 43.3 Å². The molecule has 5 heteroatoms. The Morgan fingerprint density at radius 1 is 1.08 bits per heavy atom. The number of terminal acetylenes is 1. The van der Waals surface area contributed by atoms with Gasteiger partial charge in [-0.05, 0) is 115 Å². The standard InChI is InChI=1S/C32H36F2O3/c1-3-32(33,34)31(36)15-14-28-26-12-10-23-18-24(37-17-16-35)11-13-25(23)29(26)27(19-30(28,31)2)22-8-6-21(7-9-22)20-4-5-20/h1,6-9,11,13,18,20,26-29,35-36H,4-5,10,12,14-17,19H2,2H3/t26-,27-,28-,29?,30-,31-/m0/s1. The van der Waals surface area contributed by atoms with E-state index in [0.717, 1.165) is 24.2 Å². The Kier molecular flexibility index (Phi) is 5.93. The molecule has 6 rings (SSSR count). The van der Waals surface area contributed by atoms with Crippen LogP contribution in [0.25, 0.3) is 0 Å². The molecular weight excluding hydrogens is 470 g/mol. The van der Waals surface area contributed by atoms with E-state index >= 15 is 8.78 Å². The summed E-state index contributed by atoms with van der Waals surface area (Å²) < 4.78 is 36.1. The Bertz CT molecular complexity index is 1210. The number of aliphatic hydroxyl groups excluding tert-OH is 1. The van der Waals surface area contributed by atoms with Crippen LogP contribution in [0.4, 0.5) is 8.78 Å². The van der Waals surface area contributed by atoms with Crippen molar-refractivity contribution in [1.29, 1.82) is 0 Å². The highest BCUT2D eigenvalue weighted by atomic mass is 19.3. The number of rotatable bonds is 6. The lowest BCUT2D eigenvalue weighted by Gasteiger charge is -2.57. The van der Waals surface area contributed by atoms with Crippen molar-refractivity contribution < 1.29 is 23.7 Å². The fraction of sp³-hybridized carbons (Fsp3) is 0.562. The summed E-state index contributed by atoms with van der Waals surface area (Å²) in [7, 11) is 0. The molecule has 0 radical (unpaired) electrons. The van der Waals surface area contributed by atoms with Gasteiger partial charge in [0.05, 0.1) is 6.61 Å². The molecule has 0 aromatic heterocycles. The largest absolute Gasteiger partial charge is 0.491 e. The van der Waals surface area contributed by atoms with Crippen LogP contribution >= 0.6 is 0 Å². The Morgan fingerprint density at radius 2 is 1.81 bits per heavy atom. The summed E-state index contributed by atoms with van der Waals surface area (Å²) in [6.45, 7) is 2.09. The molecule has 0 heterocycles. The first-order valence-electron chi connectivity index (χ1n) is 13.8. The van der Waals surface area contributed by atoms with Crippen molar-refractivity contribution in [2.24, 2.45) is 17.3 Å². The molecule has 196 valence electrons. The van der Waals surface area contributed by atoms with E-state index in [1.54, 1.807) is 5.92 Å². The van der Waals surface area contributed by atoms with Gasteiger partial charge in [0.1, 0.15) is 18.0 Å². The van der Waals surface area contributed by atoms with Crippen LogP contribution in [0.2, 0.25) is 0 Å². The maximum absolute atomic E-state index is 15.2. The molecule has 4 aliphatic carbocycles. The molecule has 2 N–H and O–H groups in total. The molecule has 0 bridgehead atoms. The Hall–Kier alpha value is -2.42. The molecule has 0 spiro atoms. The van der Waals surface area contributed by atoms with Gasteiger partial charge in [-0.2, -0.15) is 8.78 Å². The van der Waals surface area contributed by atoms with E-state index in [0.29, 0.717) is 18.8 Å². The summed E-state index contributed by atoms with van der Waals surface area (Å²) in [5.74, 6) is -0.170. The highest BCUT2D eigenvalue weighted by Crippen LogP contribution is 2.70. The van der Waals surface area contributed by atoms with Gasteiger partial charge in [-0.25, -0.2) is 0 Å². The van der Waals surface area contributed by atoms with Crippen LogP contribution < -0.4 is 4.74 Å². The second kappa shape index (κ2) is 8.82. The molecule has 0 amide bonds. The monoisotopic (exact) mass is 506 g/mol. The summed E-state index contributed by atoms with van der Waals surface area (Å²) in [5, 5.41) is 20.8. The van der Waals surface area contributed by atoms with E-state index in [1.807, 2.05) is 13.0 Å². The minimum Gasteiger partial charge on any atom is -0.491 e. The van der Waals surface area contributed by atoms with Gasteiger partial charge < -0.3 is 14.9 Å². The van der Waals surface area contributed by atoms with E-state index in [2.05, 4.69) is 36.4 Å². The first-order chi connectivity index (χ1) is 17.7. The average Bonchev–Trinajstić information content (AvgIpc) is 3.72. The Morgan fingerprint density at radius 3 is 2.49 bits per heavy atom. The van der Waals surface area contributed by atoms with E-state index in [4.69, 9.17) is 16.3 Å². The molecule has 6 atom stereocenters. The van der Waals surface area contributed by atoms with E-state index in [1.165, 1.54) is 29.5 Å². The first kappa shape index (κ1) is 24.9. The van der Waals surface area contributed by atoms with Gasteiger partial charge in [0, 0.05) is 5.41 Å². The Labute approximate surface area is 218 Å². The normalized spacial score (nSPS) is 34.7. The van der Waals surface area contributed by atoms with Crippen LogP contribution in [0, 0.1) is 29.6 Å². The third-order valence-electron chi connectivity index (χ3n) is 10.3. The van der Waals surface area contributed by atoms with Gasteiger partial charge in [0.15, 0.2) is 0 Å². The molecule has 4 aliphatic rings. The van der Waals surface area contributed by atoms with Crippen LogP contribution in [0.5, 0.6) is 5.75 Å². The van der Waals surface area contributed by atoms with Crippen molar-refractivity contribution in [3.8, 4) is 18.1 Å². The third kappa shape index (κ3) is 3.74. The highest BCUT2D eigenvalue weighted by molar-refractivity contribution is 5.45. The van der Waals surface area contributed by atoms with E-state index < -0.39 is 16.9 Å². The number of benzene rings is 2. The minimum absolute atomic E-state index is 0.000891. The fourth-order valence-corrected chi connectivity index (χ4v) is 8.33. The predicted octanol–water partition coefficient (Wildman–Crippen LogP) is 6.18. The van der Waals surface area contributed by atoms with Crippen molar-refractivity contribution in [2.75, 3.05) is 13.2 Å². The van der Waals surface area contributed by atoms with E-state index in [9.17, 15) is 5.11 Å². The Balaban J connectivity index is 1.44. The van der Waals surface area contributed by atoms with Gasteiger partial charge in [0.2, 0.25) is 0 Å². The number of hydrogen-bond donors (Lipinski definition) is 2. The van der Waals surface area contributed by atoms with Crippen molar-refractivity contribution in [2.45, 2.75) is 81.1 Å². The number of aryl methyl sites for hydroxylation is 1. The van der Waals surface area contributed by atoms with Crippen molar-refractivity contribution in [1.82, 2.24) is 0 Å². The van der Waals surface area contributed by atoms with Crippen LogP contribution in [0.15, 0.2) is 42.5 Å². The SMILES string of the molecule is C#CC(F)(F)[C@]1(O)CC[C@H]2[C@@H]3CCc4cc(OCCO)ccc4C3[C@H](c3ccc(C4CC4)cc3)C[C@@]21C. The number of hydrogen-bond acceptors (Lipinski definition) is 3. The lowest BCUT2D eigenvalue weighted by atomic mass is 9.48. The quantitative estimate of drug-likeness (QED) is 0.460. The molecular formula is C32H36F2O3. The first-order valence-corrected chi connectivity index (χ1v) is 13.8. The van der Waals surface area contributed by atoms with Gasteiger partial charge in [-0.3, -0.25) is 0 Å². The summed E-state index contributed by atoms with van der Waals surface area (Å²) in [6.07, 6.45) is 10.6.